The standard InChI is InChI=1S/C16H16ClNO/c1-10-7-13(17)8-12-9-15(18-16(10)12)11-3-5-14(19-2)6-4-11/h3-8,15,18H,9H2,1-2H3. The summed E-state index contributed by atoms with van der Waals surface area (Å²) in [6.07, 6.45) is 0.975. The molecule has 0 saturated heterocycles. The number of nitrogens with one attached hydrogen (secondary N) is 1. The summed E-state index contributed by atoms with van der Waals surface area (Å²) in [5, 5.41) is 4.40. The fourth-order valence-electron chi connectivity index (χ4n) is 2.66. The normalized spacial score (nSPS) is 16.9. The van der Waals surface area contributed by atoms with Crippen molar-refractivity contribution in [2.45, 2.75) is 19.4 Å². The minimum Gasteiger partial charge on any atom is -0.497 e. The van der Waals surface area contributed by atoms with Gasteiger partial charge in [-0.25, -0.2) is 0 Å². The van der Waals surface area contributed by atoms with Gasteiger partial charge in [-0.3, -0.25) is 0 Å². The van der Waals surface area contributed by atoms with E-state index in [0.717, 1.165) is 17.2 Å². The molecule has 0 fully saturated rings. The SMILES string of the molecule is COc1ccc(C2Cc3cc(Cl)cc(C)c3N2)cc1. The van der Waals surface area contributed by atoms with Crippen LogP contribution in [0.3, 0.4) is 0 Å². The summed E-state index contributed by atoms with van der Waals surface area (Å²) in [5.74, 6) is 0.887. The molecule has 0 bridgehead atoms. The van der Waals surface area contributed by atoms with E-state index in [-0.39, 0.29) is 0 Å². The second kappa shape index (κ2) is 4.78. The maximum Gasteiger partial charge on any atom is 0.118 e. The van der Waals surface area contributed by atoms with Gasteiger partial charge in [-0.1, -0.05) is 23.7 Å². The van der Waals surface area contributed by atoms with Gasteiger partial charge in [-0.15, -0.1) is 0 Å². The van der Waals surface area contributed by atoms with Crippen molar-refractivity contribution in [2.75, 3.05) is 12.4 Å². The molecule has 1 heterocycles. The van der Waals surface area contributed by atoms with Crippen LogP contribution in [0.4, 0.5) is 5.69 Å². The van der Waals surface area contributed by atoms with Crippen LogP contribution in [-0.4, -0.2) is 7.11 Å². The molecule has 2 aromatic rings. The van der Waals surface area contributed by atoms with Gasteiger partial charge in [0.1, 0.15) is 5.75 Å². The molecule has 1 unspecified atom stereocenters. The highest BCUT2D eigenvalue weighted by molar-refractivity contribution is 6.30. The Morgan fingerprint density at radius 2 is 1.95 bits per heavy atom. The molecule has 1 aliphatic rings. The number of ether oxygens (including phenoxy) is 1. The molecule has 98 valence electrons. The molecule has 0 aliphatic carbocycles. The van der Waals surface area contributed by atoms with Crippen LogP contribution in [0.15, 0.2) is 36.4 Å². The highest BCUT2D eigenvalue weighted by Crippen LogP contribution is 2.38. The van der Waals surface area contributed by atoms with Gasteiger partial charge >= 0.3 is 0 Å². The minimum atomic E-state index is 0.318. The summed E-state index contributed by atoms with van der Waals surface area (Å²) in [5.41, 5.74) is 5.00. The van der Waals surface area contributed by atoms with Gasteiger partial charge in [0.2, 0.25) is 0 Å². The topological polar surface area (TPSA) is 21.3 Å². The Labute approximate surface area is 118 Å². The van der Waals surface area contributed by atoms with Crippen LogP contribution in [0.2, 0.25) is 5.02 Å². The molecule has 3 heteroatoms. The monoisotopic (exact) mass is 273 g/mol. The first-order valence-electron chi connectivity index (χ1n) is 6.37. The zero-order valence-corrected chi connectivity index (χ0v) is 11.8. The first-order valence-corrected chi connectivity index (χ1v) is 6.74. The van der Waals surface area contributed by atoms with E-state index in [9.17, 15) is 0 Å². The molecule has 0 amide bonds. The molecule has 2 aromatic carbocycles. The number of halogens is 1. The lowest BCUT2D eigenvalue weighted by atomic mass is 10.0. The Morgan fingerprint density at radius 1 is 1.21 bits per heavy atom. The Hall–Kier alpha value is -1.67. The van der Waals surface area contributed by atoms with E-state index >= 15 is 0 Å². The molecular formula is C16H16ClNO. The lowest BCUT2D eigenvalue weighted by Crippen LogP contribution is -2.05. The van der Waals surface area contributed by atoms with E-state index in [1.807, 2.05) is 18.2 Å². The lowest BCUT2D eigenvalue weighted by molar-refractivity contribution is 0.414. The maximum absolute atomic E-state index is 6.12. The number of rotatable bonds is 2. The molecule has 2 nitrogen and oxygen atoms in total. The number of aryl methyl sites for hydroxylation is 1. The highest BCUT2D eigenvalue weighted by Gasteiger charge is 2.23. The van der Waals surface area contributed by atoms with Gasteiger partial charge in [-0.05, 0) is 54.3 Å². The van der Waals surface area contributed by atoms with Crippen LogP contribution >= 0.6 is 11.6 Å². The van der Waals surface area contributed by atoms with E-state index in [2.05, 4.69) is 30.4 Å². The van der Waals surface area contributed by atoms with Crippen LogP contribution in [0.5, 0.6) is 5.75 Å². The first kappa shape index (κ1) is 12.4. The first-order chi connectivity index (χ1) is 9.17. The van der Waals surface area contributed by atoms with E-state index in [1.54, 1.807) is 7.11 Å². The maximum atomic E-state index is 6.12. The van der Waals surface area contributed by atoms with Crippen molar-refractivity contribution in [1.82, 2.24) is 0 Å². The van der Waals surface area contributed by atoms with Gasteiger partial charge in [0.25, 0.3) is 0 Å². The summed E-state index contributed by atoms with van der Waals surface area (Å²) in [7, 11) is 1.68. The minimum absolute atomic E-state index is 0.318. The number of hydrogen-bond acceptors (Lipinski definition) is 2. The second-order valence-corrected chi connectivity index (χ2v) is 5.37. The quantitative estimate of drug-likeness (QED) is 0.877. The second-order valence-electron chi connectivity index (χ2n) is 4.93. The van der Waals surface area contributed by atoms with Gasteiger partial charge in [0, 0.05) is 10.7 Å². The van der Waals surface area contributed by atoms with Crippen molar-refractivity contribution in [3.63, 3.8) is 0 Å². The Balaban J connectivity index is 1.88. The summed E-state index contributed by atoms with van der Waals surface area (Å²) in [6, 6.07) is 12.6. The van der Waals surface area contributed by atoms with Crippen LogP contribution < -0.4 is 10.1 Å². The number of methoxy groups -OCH3 is 1. The summed E-state index contributed by atoms with van der Waals surface area (Å²) in [4.78, 5) is 0. The van der Waals surface area contributed by atoms with Crippen molar-refractivity contribution < 1.29 is 4.74 Å². The molecule has 3 rings (SSSR count). The average Bonchev–Trinajstić information content (AvgIpc) is 2.83. The number of anilines is 1. The van der Waals surface area contributed by atoms with Gasteiger partial charge in [-0.2, -0.15) is 0 Å². The predicted molar refractivity (Wildman–Crippen MR) is 79.3 cm³/mol. The largest absolute Gasteiger partial charge is 0.497 e. The molecule has 0 spiro atoms. The molecular weight excluding hydrogens is 258 g/mol. The van der Waals surface area contributed by atoms with Gasteiger partial charge in [0.15, 0.2) is 0 Å². The van der Waals surface area contributed by atoms with Crippen LogP contribution in [-0.2, 0) is 6.42 Å². The molecule has 1 atom stereocenters. The smallest absolute Gasteiger partial charge is 0.118 e. The fraction of sp³-hybridized carbons (Fsp3) is 0.250. The van der Waals surface area contributed by atoms with E-state index in [1.165, 1.54) is 22.4 Å². The zero-order chi connectivity index (χ0) is 13.4. The van der Waals surface area contributed by atoms with Crippen molar-refractivity contribution in [3.05, 3.63) is 58.1 Å². The highest BCUT2D eigenvalue weighted by atomic mass is 35.5. The third kappa shape index (κ3) is 2.28. The van der Waals surface area contributed by atoms with Crippen molar-refractivity contribution >= 4 is 17.3 Å². The molecule has 0 radical (unpaired) electrons. The van der Waals surface area contributed by atoms with Gasteiger partial charge in [0.05, 0.1) is 13.2 Å². The molecule has 0 aromatic heterocycles. The number of fused-ring (bicyclic) bond motifs is 1. The lowest BCUT2D eigenvalue weighted by Gasteiger charge is -2.13. The zero-order valence-electron chi connectivity index (χ0n) is 11.0. The van der Waals surface area contributed by atoms with Crippen molar-refractivity contribution in [2.24, 2.45) is 0 Å². The van der Waals surface area contributed by atoms with E-state index in [4.69, 9.17) is 16.3 Å². The third-order valence-electron chi connectivity index (χ3n) is 3.64. The summed E-state index contributed by atoms with van der Waals surface area (Å²) >= 11 is 6.12. The Bertz CT molecular complexity index is 607. The van der Waals surface area contributed by atoms with Crippen LogP contribution in [0.25, 0.3) is 0 Å². The Morgan fingerprint density at radius 3 is 2.63 bits per heavy atom. The van der Waals surface area contributed by atoms with Crippen LogP contribution in [0.1, 0.15) is 22.7 Å². The molecule has 0 saturated carbocycles. The summed E-state index contributed by atoms with van der Waals surface area (Å²) < 4.78 is 5.19. The van der Waals surface area contributed by atoms with Gasteiger partial charge < -0.3 is 10.1 Å². The number of benzene rings is 2. The fourth-order valence-corrected chi connectivity index (χ4v) is 2.96. The molecule has 19 heavy (non-hydrogen) atoms. The molecule has 1 N–H and O–H groups in total. The Kier molecular flexibility index (Phi) is 3.11. The molecule has 1 aliphatic heterocycles. The third-order valence-corrected chi connectivity index (χ3v) is 3.86. The van der Waals surface area contributed by atoms with Crippen molar-refractivity contribution in [3.8, 4) is 5.75 Å². The predicted octanol–water partition coefficient (Wildman–Crippen LogP) is 4.37. The average molecular weight is 274 g/mol. The number of hydrogen-bond donors (Lipinski definition) is 1. The summed E-state index contributed by atoms with van der Waals surface area (Å²) in [6.45, 7) is 2.09. The van der Waals surface area contributed by atoms with E-state index < -0.39 is 0 Å². The van der Waals surface area contributed by atoms with Crippen LogP contribution in [0, 0.1) is 6.92 Å². The van der Waals surface area contributed by atoms with Crippen molar-refractivity contribution in [1.29, 1.82) is 0 Å². The van der Waals surface area contributed by atoms with E-state index in [0.29, 0.717) is 6.04 Å².